The number of carbonyl (C=O) groups is 3. The molecule has 0 bridgehead atoms. The molecule has 21 heavy (non-hydrogen) atoms. The van der Waals surface area contributed by atoms with Crippen molar-refractivity contribution < 1.29 is 19.1 Å². The molecule has 1 aromatic rings. The molecule has 1 atom stereocenters. The van der Waals surface area contributed by atoms with Gasteiger partial charge in [0, 0.05) is 12.8 Å². The van der Waals surface area contributed by atoms with Gasteiger partial charge in [-0.25, -0.2) is 4.90 Å². The zero-order valence-electron chi connectivity index (χ0n) is 12.3. The zero-order chi connectivity index (χ0) is 15.4. The van der Waals surface area contributed by atoms with E-state index in [1.54, 1.807) is 31.2 Å². The van der Waals surface area contributed by atoms with Gasteiger partial charge in [-0.1, -0.05) is 32.4 Å². The van der Waals surface area contributed by atoms with Gasteiger partial charge in [-0.05, 0) is 18.6 Å². The van der Waals surface area contributed by atoms with Gasteiger partial charge in [0.2, 0.25) is 11.8 Å². The maximum absolute atomic E-state index is 12.0. The standard InChI is InChI=1S/C16H19NO4/c1-3-6-11(2)16(20)21-13-8-5-4-7-12(13)17-14(18)9-10-15(17)19/h4-5,7-8,11H,3,6,9-10H2,1-2H3/t11-/m0/s1. The van der Waals surface area contributed by atoms with Gasteiger partial charge < -0.3 is 4.74 Å². The lowest BCUT2D eigenvalue weighted by atomic mass is 10.1. The number of para-hydroxylation sites is 2. The molecule has 1 fully saturated rings. The summed E-state index contributed by atoms with van der Waals surface area (Å²) in [6, 6.07) is 6.64. The number of anilines is 1. The van der Waals surface area contributed by atoms with Crippen LogP contribution in [0.3, 0.4) is 0 Å². The highest BCUT2D eigenvalue weighted by Crippen LogP contribution is 2.32. The van der Waals surface area contributed by atoms with Crippen molar-refractivity contribution >= 4 is 23.5 Å². The Kier molecular flexibility index (Phi) is 4.73. The van der Waals surface area contributed by atoms with Crippen molar-refractivity contribution in [2.75, 3.05) is 4.90 Å². The number of hydrogen-bond donors (Lipinski definition) is 0. The minimum absolute atomic E-state index is 0.202. The topological polar surface area (TPSA) is 63.7 Å². The first-order valence-corrected chi connectivity index (χ1v) is 7.21. The van der Waals surface area contributed by atoms with E-state index in [1.807, 2.05) is 6.92 Å². The molecule has 1 heterocycles. The number of imide groups is 1. The summed E-state index contributed by atoms with van der Waals surface area (Å²) in [7, 11) is 0. The lowest BCUT2D eigenvalue weighted by Gasteiger charge is -2.18. The average Bonchev–Trinajstić information content (AvgIpc) is 2.79. The maximum atomic E-state index is 12.0. The summed E-state index contributed by atoms with van der Waals surface area (Å²) in [5.41, 5.74) is 0.349. The Balaban J connectivity index is 2.23. The molecule has 5 heteroatoms. The fourth-order valence-corrected chi connectivity index (χ4v) is 2.33. The van der Waals surface area contributed by atoms with Crippen molar-refractivity contribution in [2.45, 2.75) is 39.5 Å². The highest BCUT2D eigenvalue weighted by molar-refractivity contribution is 6.20. The summed E-state index contributed by atoms with van der Waals surface area (Å²) in [5.74, 6) is -0.819. The van der Waals surface area contributed by atoms with Gasteiger partial charge in [0.05, 0.1) is 11.6 Å². The molecule has 1 saturated heterocycles. The number of nitrogens with zero attached hydrogens (tertiary/aromatic N) is 1. The molecule has 2 rings (SSSR count). The molecule has 2 amide bonds. The first-order chi connectivity index (χ1) is 10.0. The average molecular weight is 289 g/mol. The second-order valence-electron chi connectivity index (χ2n) is 5.20. The molecule has 0 radical (unpaired) electrons. The largest absolute Gasteiger partial charge is 0.424 e. The molecule has 1 aliphatic heterocycles. The highest BCUT2D eigenvalue weighted by atomic mass is 16.5. The zero-order valence-corrected chi connectivity index (χ0v) is 12.3. The van der Waals surface area contributed by atoms with E-state index < -0.39 is 0 Å². The predicted molar refractivity (Wildman–Crippen MR) is 77.9 cm³/mol. The van der Waals surface area contributed by atoms with Gasteiger partial charge in [-0.2, -0.15) is 0 Å². The molecule has 0 aliphatic carbocycles. The van der Waals surface area contributed by atoms with Crippen LogP contribution >= 0.6 is 0 Å². The monoisotopic (exact) mass is 289 g/mol. The van der Waals surface area contributed by atoms with Crippen molar-refractivity contribution in [2.24, 2.45) is 5.92 Å². The Labute approximate surface area is 123 Å². The smallest absolute Gasteiger partial charge is 0.314 e. The molecule has 0 unspecified atom stereocenters. The van der Waals surface area contributed by atoms with Gasteiger partial charge in [-0.3, -0.25) is 14.4 Å². The lowest BCUT2D eigenvalue weighted by molar-refractivity contribution is -0.138. The minimum Gasteiger partial charge on any atom is -0.424 e. The van der Waals surface area contributed by atoms with Gasteiger partial charge in [0.1, 0.15) is 0 Å². The molecule has 112 valence electrons. The molecule has 5 nitrogen and oxygen atoms in total. The van der Waals surface area contributed by atoms with E-state index in [9.17, 15) is 14.4 Å². The lowest BCUT2D eigenvalue weighted by Crippen LogP contribution is -2.29. The first-order valence-electron chi connectivity index (χ1n) is 7.21. The van der Waals surface area contributed by atoms with E-state index in [0.29, 0.717) is 5.69 Å². The van der Waals surface area contributed by atoms with Gasteiger partial charge in [-0.15, -0.1) is 0 Å². The van der Waals surface area contributed by atoms with E-state index in [-0.39, 0.29) is 42.3 Å². The summed E-state index contributed by atoms with van der Waals surface area (Å²) in [6.07, 6.45) is 2.03. The Bertz CT molecular complexity index is 551. The van der Waals surface area contributed by atoms with Crippen LogP contribution in [0.15, 0.2) is 24.3 Å². The van der Waals surface area contributed by atoms with Crippen molar-refractivity contribution in [1.29, 1.82) is 0 Å². The van der Waals surface area contributed by atoms with E-state index in [1.165, 1.54) is 0 Å². The maximum Gasteiger partial charge on any atom is 0.314 e. The van der Waals surface area contributed by atoms with Crippen LogP contribution in [0, 0.1) is 5.92 Å². The van der Waals surface area contributed by atoms with E-state index in [0.717, 1.165) is 17.7 Å². The summed E-state index contributed by atoms with van der Waals surface area (Å²) < 4.78 is 5.38. The first kappa shape index (κ1) is 15.2. The van der Waals surface area contributed by atoms with Gasteiger partial charge in [0.15, 0.2) is 5.75 Å². The normalized spacial score (nSPS) is 16.2. The fraction of sp³-hybridized carbons (Fsp3) is 0.438. The highest BCUT2D eigenvalue weighted by Gasteiger charge is 2.32. The molecule has 0 N–H and O–H groups in total. The minimum atomic E-state index is -0.344. The summed E-state index contributed by atoms with van der Waals surface area (Å²) in [6.45, 7) is 3.81. The van der Waals surface area contributed by atoms with E-state index in [4.69, 9.17) is 4.74 Å². The van der Waals surface area contributed by atoms with Gasteiger partial charge in [0.25, 0.3) is 0 Å². The Morgan fingerprint density at radius 1 is 1.24 bits per heavy atom. The number of carbonyl (C=O) groups excluding carboxylic acids is 3. The van der Waals surface area contributed by atoms with Crippen molar-refractivity contribution in [1.82, 2.24) is 0 Å². The molecule has 0 aromatic heterocycles. The van der Waals surface area contributed by atoms with Crippen LogP contribution in [0.2, 0.25) is 0 Å². The van der Waals surface area contributed by atoms with Crippen LogP contribution in [0.5, 0.6) is 5.75 Å². The number of hydrogen-bond acceptors (Lipinski definition) is 4. The Morgan fingerprint density at radius 3 is 2.48 bits per heavy atom. The number of rotatable bonds is 5. The number of esters is 1. The van der Waals surface area contributed by atoms with Crippen LogP contribution in [-0.4, -0.2) is 17.8 Å². The molecular formula is C16H19NO4. The number of amides is 2. The fourth-order valence-electron chi connectivity index (χ4n) is 2.33. The number of ether oxygens (including phenoxy) is 1. The predicted octanol–water partition coefficient (Wildman–Crippen LogP) is 2.68. The van der Waals surface area contributed by atoms with Crippen molar-refractivity contribution in [3.63, 3.8) is 0 Å². The van der Waals surface area contributed by atoms with Crippen molar-refractivity contribution in [3.8, 4) is 5.75 Å². The van der Waals surface area contributed by atoms with Crippen LogP contribution < -0.4 is 9.64 Å². The van der Waals surface area contributed by atoms with Crippen LogP contribution in [0.4, 0.5) is 5.69 Å². The second kappa shape index (κ2) is 6.52. The quantitative estimate of drug-likeness (QED) is 0.475. The third-order valence-electron chi connectivity index (χ3n) is 3.49. The number of benzene rings is 1. The third-order valence-corrected chi connectivity index (χ3v) is 3.49. The van der Waals surface area contributed by atoms with Crippen LogP contribution in [0.1, 0.15) is 39.5 Å². The van der Waals surface area contributed by atoms with Crippen LogP contribution in [-0.2, 0) is 14.4 Å². The van der Waals surface area contributed by atoms with E-state index in [2.05, 4.69) is 0 Å². The molecule has 1 aliphatic rings. The summed E-state index contributed by atoms with van der Waals surface area (Å²) in [4.78, 5) is 36.8. The molecule has 0 saturated carbocycles. The third kappa shape index (κ3) is 3.29. The molecule has 1 aromatic carbocycles. The summed E-state index contributed by atoms with van der Waals surface area (Å²) >= 11 is 0. The SMILES string of the molecule is CCC[C@H](C)C(=O)Oc1ccccc1N1C(=O)CCC1=O. The Morgan fingerprint density at radius 2 is 1.86 bits per heavy atom. The Hall–Kier alpha value is -2.17. The molecular weight excluding hydrogens is 270 g/mol. The van der Waals surface area contributed by atoms with Crippen LogP contribution in [0.25, 0.3) is 0 Å². The van der Waals surface area contributed by atoms with Crippen molar-refractivity contribution in [3.05, 3.63) is 24.3 Å². The van der Waals surface area contributed by atoms with Gasteiger partial charge >= 0.3 is 5.97 Å². The second-order valence-corrected chi connectivity index (χ2v) is 5.20. The van der Waals surface area contributed by atoms with E-state index >= 15 is 0 Å². The summed E-state index contributed by atoms with van der Waals surface area (Å²) in [5, 5.41) is 0. The molecule has 0 spiro atoms.